The fourth-order valence-corrected chi connectivity index (χ4v) is 2.00. The van der Waals surface area contributed by atoms with Gasteiger partial charge in [0, 0.05) is 16.9 Å². The molecule has 0 saturated heterocycles. The minimum Gasteiger partial charge on any atom is -0.465 e. The van der Waals surface area contributed by atoms with Crippen molar-refractivity contribution in [2.24, 2.45) is 4.99 Å². The zero-order chi connectivity index (χ0) is 9.97. The zero-order valence-electron chi connectivity index (χ0n) is 7.69. The van der Waals surface area contributed by atoms with Gasteiger partial charge in [-0.1, -0.05) is 0 Å². The van der Waals surface area contributed by atoms with Gasteiger partial charge in [0.15, 0.2) is 0 Å². The number of nitrogens with zero attached hydrogens (tertiary/aromatic N) is 1. The van der Waals surface area contributed by atoms with Crippen molar-refractivity contribution in [3.63, 3.8) is 0 Å². The van der Waals surface area contributed by atoms with Crippen molar-refractivity contribution in [3.05, 3.63) is 23.8 Å². The van der Waals surface area contributed by atoms with E-state index in [1.165, 1.54) is 7.11 Å². The number of fused-ring (bicyclic) bond motifs is 1. The van der Waals surface area contributed by atoms with Gasteiger partial charge in [0.25, 0.3) is 0 Å². The van der Waals surface area contributed by atoms with Crippen molar-refractivity contribution in [3.8, 4) is 0 Å². The van der Waals surface area contributed by atoms with E-state index in [2.05, 4.69) is 9.73 Å². The fourth-order valence-electron chi connectivity index (χ4n) is 1.25. The third-order valence-corrected chi connectivity index (χ3v) is 2.90. The van der Waals surface area contributed by atoms with Gasteiger partial charge in [-0.2, -0.15) is 0 Å². The van der Waals surface area contributed by atoms with E-state index in [4.69, 9.17) is 0 Å². The van der Waals surface area contributed by atoms with Gasteiger partial charge < -0.3 is 4.74 Å². The molecule has 1 aromatic rings. The minimum atomic E-state index is -0.321. The Kier molecular flexibility index (Phi) is 2.54. The number of aliphatic imine (C=N–C) groups is 1. The number of carbonyl (C=O) groups excluding carboxylic acids is 1. The number of benzene rings is 1. The molecule has 0 radical (unpaired) electrons. The second-order valence-corrected chi connectivity index (χ2v) is 3.86. The van der Waals surface area contributed by atoms with E-state index < -0.39 is 0 Å². The van der Waals surface area contributed by atoms with Gasteiger partial charge in [-0.15, -0.1) is 11.8 Å². The maximum absolute atomic E-state index is 11.2. The Morgan fingerprint density at radius 1 is 1.57 bits per heavy atom. The highest BCUT2D eigenvalue weighted by Gasteiger charge is 2.11. The van der Waals surface area contributed by atoms with Crippen LogP contribution in [0.3, 0.4) is 0 Å². The first-order chi connectivity index (χ1) is 6.81. The van der Waals surface area contributed by atoms with Gasteiger partial charge in [0.1, 0.15) is 0 Å². The van der Waals surface area contributed by atoms with Crippen LogP contribution in [-0.2, 0) is 4.74 Å². The van der Waals surface area contributed by atoms with E-state index >= 15 is 0 Å². The average Bonchev–Trinajstić information content (AvgIpc) is 2.27. The fraction of sp³-hybridized carbons (Fsp3) is 0.200. The molecule has 0 spiro atoms. The van der Waals surface area contributed by atoms with Crippen molar-refractivity contribution in [1.82, 2.24) is 0 Å². The number of carbonyl (C=O) groups is 1. The maximum Gasteiger partial charge on any atom is 0.337 e. The van der Waals surface area contributed by atoms with Crippen LogP contribution in [-0.4, -0.2) is 25.0 Å². The Balaban J connectivity index is 2.40. The lowest BCUT2D eigenvalue weighted by atomic mass is 10.2. The second kappa shape index (κ2) is 3.84. The zero-order valence-corrected chi connectivity index (χ0v) is 8.50. The van der Waals surface area contributed by atoms with Crippen LogP contribution in [0.5, 0.6) is 0 Å². The summed E-state index contributed by atoms with van der Waals surface area (Å²) in [5.41, 5.74) is 1.40. The van der Waals surface area contributed by atoms with E-state index in [0.29, 0.717) is 5.56 Å². The summed E-state index contributed by atoms with van der Waals surface area (Å²) in [7, 11) is 1.37. The second-order valence-electron chi connectivity index (χ2n) is 2.80. The highest BCUT2D eigenvalue weighted by molar-refractivity contribution is 8.00. The van der Waals surface area contributed by atoms with Gasteiger partial charge in [0.05, 0.1) is 18.4 Å². The molecule has 14 heavy (non-hydrogen) atoms. The summed E-state index contributed by atoms with van der Waals surface area (Å²) < 4.78 is 4.63. The van der Waals surface area contributed by atoms with Crippen molar-refractivity contribution < 1.29 is 9.53 Å². The van der Waals surface area contributed by atoms with Gasteiger partial charge in [-0.3, -0.25) is 4.99 Å². The minimum absolute atomic E-state index is 0.321. The average molecular weight is 207 g/mol. The van der Waals surface area contributed by atoms with Crippen LogP contribution in [0.25, 0.3) is 0 Å². The molecular weight excluding hydrogens is 198 g/mol. The summed E-state index contributed by atoms with van der Waals surface area (Å²) >= 11 is 1.72. The highest BCUT2D eigenvalue weighted by Crippen LogP contribution is 2.32. The molecule has 1 aliphatic rings. The van der Waals surface area contributed by atoms with Crippen molar-refractivity contribution in [2.45, 2.75) is 4.90 Å². The lowest BCUT2D eigenvalue weighted by Crippen LogP contribution is -2.01. The number of hydrogen-bond acceptors (Lipinski definition) is 4. The molecule has 1 aliphatic heterocycles. The molecule has 0 atom stereocenters. The third-order valence-electron chi connectivity index (χ3n) is 1.92. The SMILES string of the molecule is COC(=O)c1ccc2c(c1)N=CCS2. The largest absolute Gasteiger partial charge is 0.465 e. The lowest BCUT2D eigenvalue weighted by Gasteiger charge is -2.09. The standard InChI is InChI=1S/C10H9NO2S/c1-13-10(12)7-2-3-9-8(6-7)11-4-5-14-9/h2-4,6H,5H2,1H3. The van der Waals surface area contributed by atoms with Crippen LogP contribution >= 0.6 is 11.8 Å². The Morgan fingerprint density at radius 2 is 2.43 bits per heavy atom. The monoisotopic (exact) mass is 207 g/mol. The lowest BCUT2D eigenvalue weighted by molar-refractivity contribution is 0.0600. The molecule has 0 N–H and O–H groups in total. The predicted molar refractivity (Wildman–Crippen MR) is 56.7 cm³/mol. The van der Waals surface area contributed by atoms with Gasteiger partial charge in [-0.05, 0) is 18.2 Å². The van der Waals surface area contributed by atoms with Crippen LogP contribution < -0.4 is 0 Å². The molecule has 1 heterocycles. The van der Waals surface area contributed by atoms with Crippen LogP contribution in [0.15, 0.2) is 28.1 Å². The number of rotatable bonds is 1. The van der Waals surface area contributed by atoms with E-state index in [1.807, 2.05) is 12.3 Å². The maximum atomic E-state index is 11.2. The molecule has 0 aromatic heterocycles. The summed E-state index contributed by atoms with van der Waals surface area (Å²) in [6.07, 6.45) is 1.84. The Morgan fingerprint density at radius 3 is 3.21 bits per heavy atom. The van der Waals surface area contributed by atoms with Crippen LogP contribution in [0.2, 0.25) is 0 Å². The molecule has 72 valence electrons. The first-order valence-corrected chi connectivity index (χ1v) is 5.17. The van der Waals surface area contributed by atoms with Gasteiger partial charge in [0.2, 0.25) is 0 Å². The predicted octanol–water partition coefficient (Wildman–Crippen LogP) is 2.28. The Bertz CT molecular complexity index is 401. The molecule has 0 bridgehead atoms. The summed E-state index contributed by atoms with van der Waals surface area (Å²) in [4.78, 5) is 16.5. The molecule has 0 aliphatic carbocycles. The Hall–Kier alpha value is -1.29. The quantitative estimate of drug-likeness (QED) is 0.663. The number of thioether (sulfide) groups is 1. The smallest absolute Gasteiger partial charge is 0.337 e. The summed E-state index contributed by atoms with van der Waals surface area (Å²) in [5.74, 6) is 0.573. The third kappa shape index (κ3) is 1.65. The number of hydrogen-bond donors (Lipinski definition) is 0. The number of esters is 1. The summed E-state index contributed by atoms with van der Waals surface area (Å²) in [5, 5.41) is 0. The molecule has 0 unspecified atom stereocenters. The summed E-state index contributed by atoms with van der Waals surface area (Å²) in [6.45, 7) is 0. The molecule has 3 nitrogen and oxygen atoms in total. The van der Waals surface area contributed by atoms with Crippen molar-refractivity contribution in [2.75, 3.05) is 12.9 Å². The molecule has 2 rings (SSSR count). The topological polar surface area (TPSA) is 38.7 Å². The molecule has 0 saturated carbocycles. The van der Waals surface area contributed by atoms with E-state index in [-0.39, 0.29) is 5.97 Å². The first-order valence-electron chi connectivity index (χ1n) is 4.19. The van der Waals surface area contributed by atoms with Crippen LogP contribution in [0.1, 0.15) is 10.4 Å². The van der Waals surface area contributed by atoms with Crippen molar-refractivity contribution in [1.29, 1.82) is 0 Å². The Labute approximate surface area is 86.2 Å². The molecule has 4 heteroatoms. The highest BCUT2D eigenvalue weighted by atomic mass is 32.2. The van der Waals surface area contributed by atoms with Crippen LogP contribution in [0.4, 0.5) is 5.69 Å². The molecular formula is C10H9NO2S. The van der Waals surface area contributed by atoms with Gasteiger partial charge >= 0.3 is 5.97 Å². The normalized spacial score (nSPS) is 13.5. The van der Waals surface area contributed by atoms with E-state index in [1.54, 1.807) is 23.9 Å². The molecule has 1 aromatic carbocycles. The van der Waals surface area contributed by atoms with Crippen LogP contribution in [0, 0.1) is 0 Å². The molecule has 0 amide bonds. The molecule has 0 fully saturated rings. The van der Waals surface area contributed by atoms with E-state index in [9.17, 15) is 4.79 Å². The summed E-state index contributed by atoms with van der Waals surface area (Å²) in [6, 6.07) is 5.42. The number of methoxy groups -OCH3 is 1. The number of ether oxygens (including phenoxy) is 1. The van der Waals surface area contributed by atoms with Crippen molar-refractivity contribution >= 4 is 29.6 Å². The first kappa shape index (κ1) is 9.27. The van der Waals surface area contributed by atoms with E-state index in [0.717, 1.165) is 16.3 Å². The van der Waals surface area contributed by atoms with Gasteiger partial charge in [-0.25, -0.2) is 4.79 Å².